The number of esters is 1. The minimum absolute atomic E-state index is 0.344. The van der Waals surface area contributed by atoms with Crippen molar-refractivity contribution < 1.29 is 9.53 Å². The van der Waals surface area contributed by atoms with Crippen LogP contribution in [0, 0.1) is 0 Å². The zero-order chi connectivity index (χ0) is 8.97. The van der Waals surface area contributed by atoms with Crippen LogP contribution in [0.4, 0.5) is 0 Å². The molecule has 0 bridgehead atoms. The summed E-state index contributed by atoms with van der Waals surface area (Å²) in [6.45, 7) is 4.98. The van der Waals surface area contributed by atoms with Crippen LogP contribution in [0.3, 0.4) is 0 Å². The molecule has 0 spiro atoms. The van der Waals surface area contributed by atoms with Crippen molar-refractivity contribution in [3.8, 4) is 0 Å². The Labute approximate surface area is 71.5 Å². The fourth-order valence-corrected chi connectivity index (χ4v) is 0.856. The van der Waals surface area contributed by atoms with Gasteiger partial charge in [-0.05, 0) is 0 Å². The van der Waals surface area contributed by atoms with E-state index in [1.54, 1.807) is 0 Å². The van der Waals surface area contributed by atoms with Crippen molar-refractivity contribution in [2.24, 2.45) is 0 Å². The van der Waals surface area contributed by atoms with Crippen LogP contribution in [-0.2, 0) is 9.53 Å². The van der Waals surface area contributed by atoms with Crippen molar-refractivity contribution in [3.05, 3.63) is 42.5 Å². The van der Waals surface area contributed by atoms with Gasteiger partial charge in [-0.25, -0.2) is 0 Å². The molecule has 1 aromatic rings. The van der Waals surface area contributed by atoms with Crippen LogP contribution >= 0.6 is 0 Å². The second kappa shape index (κ2) is 3.72. The molecule has 0 N–H and O–H groups in total. The predicted molar refractivity (Wildman–Crippen MR) is 47.2 cm³/mol. The van der Waals surface area contributed by atoms with Crippen LogP contribution in [0.1, 0.15) is 12.5 Å². The largest absolute Gasteiger partial charge is 0.427 e. The third-order valence-corrected chi connectivity index (χ3v) is 1.36. The topological polar surface area (TPSA) is 26.3 Å². The summed E-state index contributed by atoms with van der Waals surface area (Å²) in [5.41, 5.74) is 0.827. The van der Waals surface area contributed by atoms with E-state index in [-0.39, 0.29) is 5.97 Å². The number of carbonyl (C=O) groups excluding carboxylic acids is 1. The first kappa shape index (κ1) is 8.53. The standard InChI is InChI=1S/C10H10O2/c1-8(12-9(2)11)10-6-4-3-5-7-10/h3-7H,1H2,2H3. The first-order valence-corrected chi connectivity index (χ1v) is 3.63. The molecule has 0 aliphatic carbocycles. The number of hydrogen-bond acceptors (Lipinski definition) is 2. The molecule has 0 aromatic heterocycles. The maximum atomic E-state index is 10.5. The van der Waals surface area contributed by atoms with E-state index in [0.717, 1.165) is 5.56 Å². The van der Waals surface area contributed by atoms with Crippen molar-refractivity contribution >= 4 is 11.7 Å². The lowest BCUT2D eigenvalue weighted by atomic mass is 10.2. The summed E-state index contributed by atoms with van der Waals surface area (Å²) in [6, 6.07) is 9.30. The normalized spacial score (nSPS) is 9.08. The quantitative estimate of drug-likeness (QED) is 0.492. The van der Waals surface area contributed by atoms with Crippen LogP contribution in [0.15, 0.2) is 36.9 Å². The van der Waals surface area contributed by atoms with Gasteiger partial charge in [-0.2, -0.15) is 0 Å². The monoisotopic (exact) mass is 162 g/mol. The summed E-state index contributed by atoms with van der Waals surface area (Å²) >= 11 is 0. The van der Waals surface area contributed by atoms with Gasteiger partial charge in [0.05, 0.1) is 0 Å². The van der Waals surface area contributed by atoms with Gasteiger partial charge in [0.15, 0.2) is 0 Å². The Kier molecular flexibility index (Phi) is 2.64. The lowest BCUT2D eigenvalue weighted by molar-refractivity contribution is -0.134. The highest BCUT2D eigenvalue weighted by atomic mass is 16.5. The Balaban J connectivity index is 2.73. The van der Waals surface area contributed by atoms with Gasteiger partial charge >= 0.3 is 5.97 Å². The number of ether oxygens (including phenoxy) is 1. The van der Waals surface area contributed by atoms with E-state index in [1.165, 1.54) is 6.92 Å². The SMILES string of the molecule is C=C(OC(C)=O)c1ccccc1. The second-order valence-corrected chi connectivity index (χ2v) is 2.38. The molecule has 2 nitrogen and oxygen atoms in total. The first-order valence-electron chi connectivity index (χ1n) is 3.63. The van der Waals surface area contributed by atoms with Crippen molar-refractivity contribution in [1.29, 1.82) is 0 Å². The van der Waals surface area contributed by atoms with Crippen LogP contribution in [-0.4, -0.2) is 5.97 Å². The molecule has 1 rings (SSSR count). The van der Waals surface area contributed by atoms with E-state index in [9.17, 15) is 4.79 Å². The molecule has 0 aliphatic rings. The van der Waals surface area contributed by atoms with E-state index < -0.39 is 0 Å². The summed E-state index contributed by atoms with van der Waals surface area (Å²) in [6.07, 6.45) is 0. The average Bonchev–Trinajstić information content (AvgIpc) is 2.05. The summed E-state index contributed by atoms with van der Waals surface area (Å²) in [7, 11) is 0. The minimum atomic E-state index is -0.344. The summed E-state index contributed by atoms with van der Waals surface area (Å²) < 4.78 is 4.80. The van der Waals surface area contributed by atoms with E-state index in [1.807, 2.05) is 30.3 Å². The fourth-order valence-electron chi connectivity index (χ4n) is 0.856. The molecule has 62 valence electrons. The smallest absolute Gasteiger partial charge is 0.308 e. The highest BCUT2D eigenvalue weighted by molar-refractivity contribution is 5.75. The van der Waals surface area contributed by atoms with Gasteiger partial charge in [0.1, 0.15) is 5.76 Å². The molecule has 0 amide bonds. The molecule has 0 atom stereocenters. The van der Waals surface area contributed by atoms with Crippen molar-refractivity contribution in [1.82, 2.24) is 0 Å². The average molecular weight is 162 g/mol. The van der Waals surface area contributed by atoms with E-state index in [0.29, 0.717) is 5.76 Å². The fraction of sp³-hybridized carbons (Fsp3) is 0.100. The zero-order valence-electron chi connectivity index (χ0n) is 6.91. The van der Waals surface area contributed by atoms with Crippen LogP contribution in [0.5, 0.6) is 0 Å². The van der Waals surface area contributed by atoms with E-state index in [2.05, 4.69) is 6.58 Å². The number of carbonyl (C=O) groups is 1. The number of hydrogen-bond donors (Lipinski definition) is 0. The van der Waals surface area contributed by atoms with Crippen molar-refractivity contribution in [2.45, 2.75) is 6.92 Å². The molecule has 12 heavy (non-hydrogen) atoms. The molecule has 0 heterocycles. The Morgan fingerprint density at radius 3 is 2.42 bits per heavy atom. The van der Waals surface area contributed by atoms with Crippen LogP contribution in [0.25, 0.3) is 5.76 Å². The Morgan fingerprint density at radius 2 is 1.92 bits per heavy atom. The molecular weight excluding hydrogens is 152 g/mol. The Hall–Kier alpha value is -1.57. The van der Waals surface area contributed by atoms with Crippen molar-refractivity contribution in [3.63, 3.8) is 0 Å². The third-order valence-electron chi connectivity index (χ3n) is 1.36. The van der Waals surface area contributed by atoms with Gasteiger partial charge in [0.2, 0.25) is 0 Å². The van der Waals surface area contributed by atoms with Gasteiger partial charge in [0, 0.05) is 12.5 Å². The molecule has 2 heteroatoms. The number of benzene rings is 1. The second-order valence-electron chi connectivity index (χ2n) is 2.38. The van der Waals surface area contributed by atoms with Gasteiger partial charge in [-0.15, -0.1) is 0 Å². The van der Waals surface area contributed by atoms with Gasteiger partial charge < -0.3 is 4.74 Å². The Morgan fingerprint density at radius 1 is 1.33 bits per heavy atom. The maximum absolute atomic E-state index is 10.5. The van der Waals surface area contributed by atoms with Crippen LogP contribution < -0.4 is 0 Å². The number of rotatable bonds is 2. The lowest BCUT2D eigenvalue weighted by Gasteiger charge is -2.03. The summed E-state index contributed by atoms with van der Waals surface area (Å²) in [5, 5.41) is 0. The van der Waals surface area contributed by atoms with Gasteiger partial charge in [0.25, 0.3) is 0 Å². The lowest BCUT2D eigenvalue weighted by Crippen LogP contribution is -1.96. The van der Waals surface area contributed by atoms with Gasteiger partial charge in [-0.1, -0.05) is 36.9 Å². The van der Waals surface area contributed by atoms with E-state index in [4.69, 9.17) is 4.74 Å². The molecule has 0 fully saturated rings. The molecule has 1 aromatic carbocycles. The van der Waals surface area contributed by atoms with Crippen LogP contribution in [0.2, 0.25) is 0 Å². The molecule has 0 saturated heterocycles. The molecule has 0 unspecified atom stereocenters. The third kappa shape index (κ3) is 2.23. The molecule has 0 saturated carbocycles. The van der Waals surface area contributed by atoms with E-state index >= 15 is 0 Å². The summed E-state index contributed by atoms with van der Waals surface area (Å²) in [4.78, 5) is 10.5. The zero-order valence-corrected chi connectivity index (χ0v) is 6.91. The maximum Gasteiger partial charge on any atom is 0.308 e. The predicted octanol–water partition coefficient (Wildman–Crippen LogP) is 2.22. The molecule has 0 radical (unpaired) electrons. The minimum Gasteiger partial charge on any atom is -0.427 e. The molecule has 0 aliphatic heterocycles. The van der Waals surface area contributed by atoms with Gasteiger partial charge in [-0.3, -0.25) is 4.79 Å². The Bertz CT molecular complexity index is 288. The molecular formula is C10H10O2. The van der Waals surface area contributed by atoms with Crippen molar-refractivity contribution in [2.75, 3.05) is 0 Å². The summed E-state index contributed by atoms with van der Waals surface area (Å²) in [5.74, 6) is 0.0481. The highest BCUT2D eigenvalue weighted by Crippen LogP contribution is 2.12. The first-order chi connectivity index (χ1) is 5.70. The highest BCUT2D eigenvalue weighted by Gasteiger charge is 2.00.